The van der Waals surface area contributed by atoms with E-state index in [0.29, 0.717) is 43.7 Å². The Morgan fingerprint density at radius 3 is 2.60 bits per heavy atom. The highest BCUT2D eigenvalue weighted by Gasteiger charge is 2.32. The zero-order chi connectivity index (χ0) is 21.9. The number of hydrogen-bond acceptors (Lipinski definition) is 6. The molecule has 1 fully saturated rings. The van der Waals surface area contributed by atoms with Gasteiger partial charge in [0.15, 0.2) is 5.16 Å². The van der Waals surface area contributed by atoms with E-state index in [1.54, 1.807) is 15.9 Å². The van der Waals surface area contributed by atoms with Crippen molar-refractivity contribution in [2.75, 3.05) is 36.8 Å². The molecule has 30 heavy (non-hydrogen) atoms. The van der Waals surface area contributed by atoms with E-state index in [-0.39, 0.29) is 16.7 Å². The lowest BCUT2D eigenvalue weighted by atomic mass is 10.2. The van der Waals surface area contributed by atoms with E-state index in [0.717, 1.165) is 18.1 Å². The number of allylic oxidation sites excluding steroid dienone is 1. The Morgan fingerprint density at radius 1 is 1.30 bits per heavy atom. The van der Waals surface area contributed by atoms with Gasteiger partial charge in [0, 0.05) is 38.9 Å². The first-order valence-corrected chi connectivity index (χ1v) is 10.5. The Kier molecular flexibility index (Phi) is 6.91. The molecule has 0 bridgehead atoms. The number of carbonyl (C=O) groups excluding carboxylic acids is 1. The molecule has 1 aliphatic heterocycles. The van der Waals surface area contributed by atoms with Crippen LogP contribution in [0.2, 0.25) is 5.02 Å². The number of halogens is 4. The van der Waals surface area contributed by atoms with Gasteiger partial charge in [-0.25, -0.2) is 4.98 Å². The molecule has 1 amide bonds. The summed E-state index contributed by atoms with van der Waals surface area (Å²) >= 11 is 7.33. The van der Waals surface area contributed by atoms with Crippen LogP contribution in [-0.4, -0.2) is 62.5 Å². The summed E-state index contributed by atoms with van der Waals surface area (Å²) in [6, 6.07) is 0.874. The van der Waals surface area contributed by atoms with E-state index in [4.69, 9.17) is 11.6 Å². The maximum absolute atomic E-state index is 12.8. The number of carbonyl (C=O) groups is 1. The molecule has 162 valence electrons. The minimum absolute atomic E-state index is 0.0445. The van der Waals surface area contributed by atoms with Crippen molar-refractivity contribution < 1.29 is 18.0 Å². The van der Waals surface area contributed by atoms with Gasteiger partial charge in [-0.2, -0.15) is 13.2 Å². The van der Waals surface area contributed by atoms with Crippen molar-refractivity contribution in [3.8, 4) is 0 Å². The molecule has 7 nitrogen and oxygen atoms in total. The minimum atomic E-state index is -4.49. The van der Waals surface area contributed by atoms with Gasteiger partial charge in [-0.15, -0.1) is 16.8 Å². The van der Waals surface area contributed by atoms with E-state index >= 15 is 0 Å². The van der Waals surface area contributed by atoms with Gasteiger partial charge >= 0.3 is 6.18 Å². The van der Waals surface area contributed by atoms with Gasteiger partial charge in [-0.3, -0.25) is 4.79 Å². The van der Waals surface area contributed by atoms with Gasteiger partial charge in [0.25, 0.3) is 0 Å². The monoisotopic (exact) mass is 460 g/mol. The topological polar surface area (TPSA) is 67.2 Å². The highest BCUT2D eigenvalue weighted by Crippen LogP contribution is 2.33. The van der Waals surface area contributed by atoms with Crippen molar-refractivity contribution in [2.45, 2.75) is 24.8 Å². The summed E-state index contributed by atoms with van der Waals surface area (Å²) in [4.78, 5) is 19.9. The number of amides is 1. The third kappa shape index (κ3) is 5.07. The summed E-state index contributed by atoms with van der Waals surface area (Å²) in [6.45, 7) is 7.82. The number of alkyl halides is 3. The van der Waals surface area contributed by atoms with E-state index in [1.807, 2.05) is 11.5 Å². The number of pyridine rings is 1. The number of hydrogen-bond donors (Lipinski definition) is 0. The lowest BCUT2D eigenvalue weighted by Crippen LogP contribution is -2.49. The largest absolute Gasteiger partial charge is 0.417 e. The number of aromatic nitrogens is 4. The first kappa shape index (κ1) is 22.4. The summed E-state index contributed by atoms with van der Waals surface area (Å²) < 4.78 is 40.2. The average molecular weight is 461 g/mol. The minimum Gasteiger partial charge on any atom is -0.352 e. The summed E-state index contributed by atoms with van der Waals surface area (Å²) in [7, 11) is 0. The maximum atomic E-state index is 12.8. The standard InChI is InChI=1S/C18H20ClF3N6OS/c1-3-4-28-12(2)24-25-17(28)30-11-15(29)26-5-7-27(8-6-26)16-14(19)9-13(10-23-16)18(20,21)22/h3,9-10H,1,4-8,11H2,2H3. The number of thioether (sulfide) groups is 1. The molecule has 1 saturated heterocycles. The van der Waals surface area contributed by atoms with Crippen LogP contribution in [-0.2, 0) is 17.5 Å². The lowest BCUT2D eigenvalue weighted by Gasteiger charge is -2.35. The molecule has 0 saturated carbocycles. The fourth-order valence-electron chi connectivity index (χ4n) is 3.01. The highest BCUT2D eigenvalue weighted by molar-refractivity contribution is 7.99. The van der Waals surface area contributed by atoms with Crippen LogP contribution in [0.1, 0.15) is 11.4 Å². The fourth-order valence-corrected chi connectivity index (χ4v) is 4.19. The van der Waals surface area contributed by atoms with Gasteiger partial charge in [-0.05, 0) is 13.0 Å². The molecular weight excluding hydrogens is 441 g/mol. The molecule has 0 radical (unpaired) electrons. The van der Waals surface area contributed by atoms with E-state index in [9.17, 15) is 18.0 Å². The normalized spacial score (nSPS) is 14.8. The second kappa shape index (κ2) is 9.25. The zero-order valence-electron chi connectivity index (χ0n) is 16.2. The first-order valence-electron chi connectivity index (χ1n) is 9.09. The summed E-state index contributed by atoms with van der Waals surface area (Å²) in [6.07, 6.45) is -1.98. The first-order chi connectivity index (χ1) is 14.2. The Balaban J connectivity index is 1.55. The second-order valence-electron chi connectivity index (χ2n) is 6.61. The quantitative estimate of drug-likeness (QED) is 0.487. The Bertz CT molecular complexity index is 927. The van der Waals surface area contributed by atoms with Crippen molar-refractivity contribution in [1.82, 2.24) is 24.6 Å². The van der Waals surface area contributed by atoms with Crippen LogP contribution < -0.4 is 4.90 Å². The maximum Gasteiger partial charge on any atom is 0.417 e. The van der Waals surface area contributed by atoms with Gasteiger partial charge < -0.3 is 14.4 Å². The SMILES string of the molecule is C=CCn1c(C)nnc1SCC(=O)N1CCN(c2ncc(C(F)(F)F)cc2Cl)CC1. The molecule has 0 atom stereocenters. The average Bonchev–Trinajstić information content (AvgIpc) is 3.05. The highest BCUT2D eigenvalue weighted by atomic mass is 35.5. The van der Waals surface area contributed by atoms with Crippen LogP contribution in [0.3, 0.4) is 0 Å². The van der Waals surface area contributed by atoms with Crippen molar-refractivity contribution in [1.29, 1.82) is 0 Å². The molecule has 1 aliphatic rings. The van der Waals surface area contributed by atoms with Crippen molar-refractivity contribution in [3.05, 3.63) is 41.3 Å². The number of piperazine rings is 1. The summed E-state index contributed by atoms with van der Waals surface area (Å²) in [5.74, 6) is 1.21. The van der Waals surface area contributed by atoms with Crippen molar-refractivity contribution in [3.63, 3.8) is 0 Å². The predicted molar refractivity (Wildman–Crippen MR) is 109 cm³/mol. The number of aryl methyl sites for hydroxylation is 1. The lowest BCUT2D eigenvalue weighted by molar-refractivity contribution is -0.137. The van der Waals surface area contributed by atoms with Crippen LogP contribution in [0.15, 0.2) is 30.1 Å². The van der Waals surface area contributed by atoms with E-state index < -0.39 is 11.7 Å². The molecule has 0 aromatic carbocycles. The van der Waals surface area contributed by atoms with Gasteiger partial charge in [0.05, 0.1) is 16.3 Å². The van der Waals surface area contributed by atoms with Crippen molar-refractivity contribution >= 4 is 35.1 Å². The zero-order valence-corrected chi connectivity index (χ0v) is 17.8. The number of anilines is 1. The Labute approximate surface area is 180 Å². The molecule has 12 heteroatoms. The molecule has 3 rings (SSSR count). The number of rotatable bonds is 6. The molecule has 0 unspecified atom stereocenters. The second-order valence-corrected chi connectivity index (χ2v) is 7.96. The molecule has 3 heterocycles. The molecule has 2 aromatic rings. The Morgan fingerprint density at radius 2 is 2.00 bits per heavy atom. The third-order valence-corrected chi connectivity index (χ3v) is 5.85. The number of nitrogens with zero attached hydrogens (tertiary/aromatic N) is 6. The van der Waals surface area contributed by atoms with Crippen molar-refractivity contribution in [2.24, 2.45) is 0 Å². The summed E-state index contributed by atoms with van der Waals surface area (Å²) in [5, 5.41) is 8.70. The van der Waals surface area contributed by atoms with Gasteiger partial charge in [0.2, 0.25) is 5.91 Å². The fraction of sp³-hybridized carbons (Fsp3) is 0.444. The molecule has 0 N–H and O–H groups in total. The van der Waals surface area contributed by atoms with Gasteiger partial charge in [-0.1, -0.05) is 29.4 Å². The molecule has 0 spiro atoms. The molecular formula is C18H20ClF3N6OS. The third-order valence-electron chi connectivity index (χ3n) is 4.62. The van der Waals surface area contributed by atoms with Crippen LogP contribution in [0.4, 0.5) is 19.0 Å². The van der Waals surface area contributed by atoms with Crippen LogP contribution in [0, 0.1) is 6.92 Å². The van der Waals surface area contributed by atoms with E-state index in [2.05, 4.69) is 21.8 Å². The molecule has 2 aromatic heterocycles. The van der Waals surface area contributed by atoms with Gasteiger partial charge in [0.1, 0.15) is 11.6 Å². The van der Waals surface area contributed by atoms with Crippen LogP contribution >= 0.6 is 23.4 Å². The van der Waals surface area contributed by atoms with Crippen LogP contribution in [0.5, 0.6) is 0 Å². The smallest absolute Gasteiger partial charge is 0.352 e. The molecule has 0 aliphatic carbocycles. The van der Waals surface area contributed by atoms with E-state index in [1.165, 1.54) is 11.8 Å². The van der Waals surface area contributed by atoms with Crippen LogP contribution in [0.25, 0.3) is 0 Å². The summed E-state index contributed by atoms with van der Waals surface area (Å²) in [5.41, 5.74) is -0.887. The predicted octanol–water partition coefficient (Wildman–Crippen LogP) is 3.28. The Hall–Kier alpha value is -2.27.